The molecule has 94 valence electrons. The molecule has 0 aliphatic rings. The standard InChI is InChI=1S/C11H11F4NO/c1-6(4-16-2)5-17-11-9(14)7(12)3-8(13)10(11)15/h3,16H,1,4-5H2,2H3. The number of halogens is 4. The topological polar surface area (TPSA) is 21.3 Å². The van der Waals surface area contributed by atoms with Gasteiger partial charge in [-0.15, -0.1) is 0 Å². The van der Waals surface area contributed by atoms with Gasteiger partial charge in [0.15, 0.2) is 17.4 Å². The van der Waals surface area contributed by atoms with Crippen molar-refractivity contribution in [2.75, 3.05) is 20.2 Å². The lowest BCUT2D eigenvalue weighted by Gasteiger charge is -2.10. The molecule has 0 aliphatic heterocycles. The van der Waals surface area contributed by atoms with E-state index in [1.165, 1.54) is 0 Å². The Morgan fingerprint density at radius 2 is 1.76 bits per heavy atom. The predicted molar refractivity (Wildman–Crippen MR) is 54.8 cm³/mol. The average molecular weight is 249 g/mol. The third-order valence-corrected chi connectivity index (χ3v) is 1.92. The molecule has 1 aromatic carbocycles. The molecule has 1 N–H and O–H groups in total. The van der Waals surface area contributed by atoms with Crippen LogP contribution >= 0.6 is 0 Å². The van der Waals surface area contributed by atoms with E-state index in [1.54, 1.807) is 7.05 Å². The second-order valence-corrected chi connectivity index (χ2v) is 3.37. The number of ether oxygens (including phenoxy) is 1. The zero-order valence-electron chi connectivity index (χ0n) is 9.12. The van der Waals surface area contributed by atoms with Gasteiger partial charge in [-0.05, 0) is 12.6 Å². The van der Waals surface area contributed by atoms with E-state index in [9.17, 15) is 17.6 Å². The summed E-state index contributed by atoms with van der Waals surface area (Å²) in [6, 6.07) is 0.125. The van der Waals surface area contributed by atoms with Gasteiger partial charge in [0.05, 0.1) is 0 Å². The number of hydrogen-bond acceptors (Lipinski definition) is 2. The first-order valence-electron chi connectivity index (χ1n) is 4.74. The lowest BCUT2D eigenvalue weighted by atomic mass is 10.3. The average Bonchev–Trinajstić information content (AvgIpc) is 2.27. The summed E-state index contributed by atoms with van der Waals surface area (Å²) in [6.45, 7) is 3.67. The number of rotatable bonds is 5. The third kappa shape index (κ3) is 3.20. The molecule has 0 aliphatic carbocycles. The van der Waals surface area contributed by atoms with E-state index >= 15 is 0 Å². The maximum Gasteiger partial charge on any atom is 0.203 e. The highest BCUT2D eigenvalue weighted by atomic mass is 19.2. The molecule has 2 nitrogen and oxygen atoms in total. The lowest BCUT2D eigenvalue weighted by Crippen LogP contribution is -2.15. The van der Waals surface area contributed by atoms with Crippen LogP contribution in [0, 0.1) is 23.3 Å². The predicted octanol–water partition coefficient (Wildman–Crippen LogP) is 2.40. The smallest absolute Gasteiger partial charge is 0.203 e. The second kappa shape index (κ2) is 5.67. The molecule has 0 amide bonds. The molecule has 0 aromatic heterocycles. The Morgan fingerprint density at radius 1 is 1.24 bits per heavy atom. The number of hydrogen-bond donors (Lipinski definition) is 1. The minimum absolute atomic E-state index is 0.125. The molecule has 0 heterocycles. The quantitative estimate of drug-likeness (QED) is 0.491. The fourth-order valence-corrected chi connectivity index (χ4v) is 1.15. The molecular formula is C11H11F4NO. The fraction of sp³-hybridized carbons (Fsp3) is 0.273. The van der Waals surface area contributed by atoms with E-state index in [1.807, 2.05) is 0 Å². The van der Waals surface area contributed by atoms with Crippen LogP contribution < -0.4 is 10.1 Å². The summed E-state index contributed by atoms with van der Waals surface area (Å²) < 4.78 is 56.5. The largest absolute Gasteiger partial charge is 0.483 e. The van der Waals surface area contributed by atoms with Crippen molar-refractivity contribution in [1.82, 2.24) is 5.32 Å². The lowest BCUT2D eigenvalue weighted by molar-refractivity contribution is 0.293. The zero-order valence-corrected chi connectivity index (χ0v) is 9.12. The Kier molecular flexibility index (Phi) is 4.51. The summed E-state index contributed by atoms with van der Waals surface area (Å²) >= 11 is 0. The first-order valence-corrected chi connectivity index (χ1v) is 4.74. The first kappa shape index (κ1) is 13.5. The summed E-state index contributed by atoms with van der Waals surface area (Å²) in [7, 11) is 1.65. The number of nitrogens with one attached hydrogen (secondary N) is 1. The van der Waals surface area contributed by atoms with E-state index in [2.05, 4.69) is 16.6 Å². The summed E-state index contributed by atoms with van der Waals surface area (Å²) in [6.07, 6.45) is 0. The van der Waals surface area contributed by atoms with Crippen LogP contribution in [0.2, 0.25) is 0 Å². The SMILES string of the molecule is C=C(CNC)COc1c(F)c(F)cc(F)c1F. The maximum atomic E-state index is 13.1. The van der Waals surface area contributed by atoms with Crippen LogP contribution in [0.3, 0.4) is 0 Å². The number of benzene rings is 1. The molecular weight excluding hydrogens is 238 g/mol. The van der Waals surface area contributed by atoms with Crippen molar-refractivity contribution in [3.63, 3.8) is 0 Å². The van der Waals surface area contributed by atoms with Gasteiger partial charge < -0.3 is 10.1 Å². The Morgan fingerprint density at radius 3 is 2.24 bits per heavy atom. The van der Waals surface area contributed by atoms with Gasteiger partial charge >= 0.3 is 0 Å². The van der Waals surface area contributed by atoms with Crippen molar-refractivity contribution in [1.29, 1.82) is 0 Å². The Hall–Kier alpha value is -1.56. The Labute approximate surface area is 95.9 Å². The molecule has 0 bridgehead atoms. The normalized spacial score (nSPS) is 10.4. The van der Waals surface area contributed by atoms with Crippen molar-refractivity contribution in [2.45, 2.75) is 0 Å². The highest BCUT2D eigenvalue weighted by Crippen LogP contribution is 2.26. The minimum atomic E-state index is -1.55. The summed E-state index contributed by atoms with van der Waals surface area (Å²) in [5.41, 5.74) is 0.482. The minimum Gasteiger partial charge on any atom is -0.483 e. The second-order valence-electron chi connectivity index (χ2n) is 3.37. The molecule has 0 fully saturated rings. The van der Waals surface area contributed by atoms with Crippen LogP contribution in [-0.2, 0) is 0 Å². The maximum absolute atomic E-state index is 13.1. The molecule has 1 aromatic rings. The van der Waals surface area contributed by atoms with Crippen LogP contribution in [0.5, 0.6) is 5.75 Å². The van der Waals surface area contributed by atoms with Crippen LogP contribution in [0.1, 0.15) is 0 Å². The first-order chi connectivity index (χ1) is 7.97. The number of likely N-dealkylation sites (N-methyl/N-ethyl adjacent to an activating group) is 1. The summed E-state index contributed by atoms with van der Waals surface area (Å²) in [5, 5.41) is 2.74. The molecule has 0 spiro atoms. The van der Waals surface area contributed by atoms with Crippen LogP contribution in [-0.4, -0.2) is 20.2 Å². The van der Waals surface area contributed by atoms with E-state index in [-0.39, 0.29) is 12.7 Å². The van der Waals surface area contributed by atoms with Crippen molar-refractivity contribution in [2.24, 2.45) is 0 Å². The van der Waals surface area contributed by atoms with E-state index in [0.717, 1.165) is 0 Å². The van der Waals surface area contributed by atoms with Crippen LogP contribution in [0.25, 0.3) is 0 Å². The molecule has 0 unspecified atom stereocenters. The van der Waals surface area contributed by atoms with Gasteiger partial charge in [0.1, 0.15) is 6.61 Å². The fourth-order valence-electron chi connectivity index (χ4n) is 1.15. The van der Waals surface area contributed by atoms with Crippen LogP contribution in [0.4, 0.5) is 17.6 Å². The molecule has 6 heteroatoms. The van der Waals surface area contributed by atoms with Crippen molar-refractivity contribution >= 4 is 0 Å². The van der Waals surface area contributed by atoms with Gasteiger partial charge in [0.25, 0.3) is 0 Å². The molecule has 0 atom stereocenters. The van der Waals surface area contributed by atoms with Gasteiger partial charge in [-0.1, -0.05) is 6.58 Å². The van der Waals surface area contributed by atoms with Crippen molar-refractivity contribution < 1.29 is 22.3 Å². The van der Waals surface area contributed by atoms with Gasteiger partial charge in [0, 0.05) is 12.6 Å². The monoisotopic (exact) mass is 249 g/mol. The van der Waals surface area contributed by atoms with Crippen molar-refractivity contribution in [3.05, 3.63) is 41.5 Å². The molecule has 0 radical (unpaired) electrons. The van der Waals surface area contributed by atoms with E-state index in [0.29, 0.717) is 12.1 Å². The van der Waals surface area contributed by atoms with Gasteiger partial charge in [-0.3, -0.25) is 0 Å². The van der Waals surface area contributed by atoms with E-state index < -0.39 is 29.0 Å². The Balaban J connectivity index is 2.87. The van der Waals surface area contributed by atoms with Gasteiger partial charge in [-0.25, -0.2) is 8.78 Å². The van der Waals surface area contributed by atoms with Gasteiger partial charge in [-0.2, -0.15) is 8.78 Å². The molecule has 0 saturated heterocycles. The highest BCUT2D eigenvalue weighted by molar-refractivity contribution is 5.29. The Bertz CT molecular complexity index is 408. The third-order valence-electron chi connectivity index (χ3n) is 1.92. The summed E-state index contributed by atoms with van der Waals surface area (Å²) in [5.74, 6) is -7.18. The van der Waals surface area contributed by atoms with Gasteiger partial charge in [0.2, 0.25) is 11.6 Å². The molecule has 17 heavy (non-hydrogen) atoms. The zero-order chi connectivity index (χ0) is 13.0. The highest BCUT2D eigenvalue weighted by Gasteiger charge is 2.20. The van der Waals surface area contributed by atoms with Crippen LogP contribution in [0.15, 0.2) is 18.2 Å². The van der Waals surface area contributed by atoms with Crippen molar-refractivity contribution in [3.8, 4) is 5.75 Å². The summed E-state index contributed by atoms with van der Waals surface area (Å²) in [4.78, 5) is 0. The van der Waals surface area contributed by atoms with E-state index in [4.69, 9.17) is 0 Å². The molecule has 0 saturated carbocycles. The molecule has 1 rings (SSSR count).